The molecule has 0 saturated heterocycles. The summed E-state index contributed by atoms with van der Waals surface area (Å²) in [5.74, 6) is 0.0353. The van der Waals surface area contributed by atoms with Gasteiger partial charge in [-0.3, -0.25) is 4.79 Å². The van der Waals surface area contributed by atoms with Crippen LogP contribution in [-0.4, -0.2) is 44.1 Å². The number of urea groups is 1. The number of allylic oxidation sites excluding steroid dienone is 2. The maximum atomic E-state index is 12.5. The van der Waals surface area contributed by atoms with E-state index in [2.05, 4.69) is 5.32 Å². The number of nitrogens with one attached hydrogen (secondary N) is 1. The number of hydrogen-bond donors (Lipinski definition) is 1. The predicted octanol–water partition coefficient (Wildman–Crippen LogP) is 5.30. The van der Waals surface area contributed by atoms with Gasteiger partial charge < -0.3 is 24.4 Å². The van der Waals surface area contributed by atoms with Crippen LogP contribution in [0.1, 0.15) is 46.8 Å². The molecule has 1 N–H and O–H groups in total. The Morgan fingerprint density at radius 1 is 1.23 bits per heavy atom. The van der Waals surface area contributed by atoms with Crippen LogP contribution in [-0.2, 0) is 22.6 Å². The van der Waals surface area contributed by atoms with Gasteiger partial charge >= 0.3 is 18.0 Å². The summed E-state index contributed by atoms with van der Waals surface area (Å²) in [6.07, 6.45) is 2.96. The van der Waals surface area contributed by atoms with Crippen molar-refractivity contribution >= 4 is 35.3 Å². The van der Waals surface area contributed by atoms with E-state index in [1.807, 2.05) is 19.9 Å². The summed E-state index contributed by atoms with van der Waals surface area (Å²) >= 11 is 6.04. The Morgan fingerprint density at radius 3 is 2.60 bits per heavy atom. The van der Waals surface area contributed by atoms with Crippen LogP contribution in [0.2, 0.25) is 5.02 Å². The van der Waals surface area contributed by atoms with Crippen LogP contribution in [0, 0.1) is 6.92 Å². The number of ether oxygens (including phenoxy) is 3. The summed E-state index contributed by atoms with van der Waals surface area (Å²) in [4.78, 5) is 38.7. The number of carbonyl (C=O) groups is 3. The minimum atomic E-state index is -0.482. The Balaban J connectivity index is 1.83. The van der Waals surface area contributed by atoms with Crippen molar-refractivity contribution in [3.8, 4) is 11.5 Å². The molecule has 0 radical (unpaired) electrons. The molecule has 3 rings (SSSR count). The van der Waals surface area contributed by atoms with E-state index in [1.54, 1.807) is 45.5 Å². The number of benzene rings is 2. The van der Waals surface area contributed by atoms with Crippen molar-refractivity contribution in [2.45, 2.75) is 39.7 Å². The molecule has 0 saturated carbocycles. The molecule has 0 spiro atoms. The fourth-order valence-electron chi connectivity index (χ4n) is 3.79. The first-order valence-electron chi connectivity index (χ1n) is 11.1. The zero-order valence-electron chi connectivity index (χ0n) is 20.5. The first kappa shape index (κ1) is 26.1. The third-order valence-electron chi connectivity index (χ3n) is 5.75. The maximum Gasteiger partial charge on any atom is 0.341 e. The fourth-order valence-corrected chi connectivity index (χ4v) is 3.96. The van der Waals surface area contributed by atoms with Crippen molar-refractivity contribution in [2.24, 2.45) is 0 Å². The Hall–Kier alpha value is -3.52. The smallest absolute Gasteiger partial charge is 0.341 e. The average molecular weight is 501 g/mol. The standard InChI is InChI=1S/C26H29ClN2O6/c1-15(11-13-21(30)35-20-9-7-6-8-19(20)27)10-12-17-23(28-26(32)29(3)4)22-18(14-34-25(22)31)16(2)24(17)33-5/h6-10H,11-14H2,1-5H3,(H,28,32). The molecule has 0 fully saturated rings. The summed E-state index contributed by atoms with van der Waals surface area (Å²) in [6, 6.07) is 6.43. The molecule has 1 aliphatic heterocycles. The van der Waals surface area contributed by atoms with Gasteiger partial charge in [-0.2, -0.15) is 0 Å². The molecule has 0 bridgehead atoms. The summed E-state index contributed by atoms with van der Waals surface area (Å²) in [5, 5.41) is 3.21. The van der Waals surface area contributed by atoms with Crippen LogP contribution in [0.4, 0.5) is 10.5 Å². The fraction of sp³-hybridized carbons (Fsp3) is 0.346. The minimum absolute atomic E-state index is 0.129. The zero-order chi connectivity index (χ0) is 25.7. The summed E-state index contributed by atoms with van der Waals surface area (Å²) in [6.45, 7) is 3.90. The van der Waals surface area contributed by atoms with Crippen LogP contribution in [0.3, 0.4) is 0 Å². The van der Waals surface area contributed by atoms with Gasteiger partial charge in [-0.15, -0.1) is 0 Å². The molecule has 0 aliphatic carbocycles. The van der Waals surface area contributed by atoms with E-state index in [4.69, 9.17) is 25.8 Å². The number of esters is 2. The van der Waals surface area contributed by atoms with Crippen molar-refractivity contribution in [1.29, 1.82) is 0 Å². The predicted molar refractivity (Wildman–Crippen MR) is 133 cm³/mol. The van der Waals surface area contributed by atoms with Crippen LogP contribution in [0.25, 0.3) is 0 Å². The number of hydrogen-bond acceptors (Lipinski definition) is 6. The molecule has 2 amide bonds. The molecule has 35 heavy (non-hydrogen) atoms. The van der Waals surface area contributed by atoms with E-state index < -0.39 is 11.9 Å². The van der Waals surface area contributed by atoms with Crippen LogP contribution in [0.5, 0.6) is 11.5 Å². The highest BCUT2D eigenvalue weighted by atomic mass is 35.5. The number of anilines is 1. The monoisotopic (exact) mass is 500 g/mol. The quantitative estimate of drug-likeness (QED) is 0.300. The summed E-state index contributed by atoms with van der Waals surface area (Å²) < 4.78 is 16.3. The normalized spacial score (nSPS) is 12.6. The zero-order valence-corrected chi connectivity index (χ0v) is 21.2. The van der Waals surface area contributed by atoms with Crippen LogP contribution < -0.4 is 14.8 Å². The van der Waals surface area contributed by atoms with Gasteiger partial charge in [0.05, 0.1) is 23.4 Å². The van der Waals surface area contributed by atoms with E-state index in [1.165, 1.54) is 4.90 Å². The molecule has 0 atom stereocenters. The van der Waals surface area contributed by atoms with Gasteiger partial charge in [0, 0.05) is 31.6 Å². The number of fused-ring (bicyclic) bond motifs is 1. The maximum absolute atomic E-state index is 12.5. The second kappa shape index (κ2) is 11.3. The van der Waals surface area contributed by atoms with Gasteiger partial charge in [0.25, 0.3) is 0 Å². The van der Waals surface area contributed by atoms with Gasteiger partial charge in [-0.1, -0.05) is 35.4 Å². The van der Waals surface area contributed by atoms with E-state index in [-0.39, 0.29) is 19.1 Å². The Kier molecular flexibility index (Phi) is 8.40. The first-order chi connectivity index (χ1) is 16.6. The summed E-state index contributed by atoms with van der Waals surface area (Å²) in [7, 11) is 4.78. The molecule has 1 aliphatic rings. The van der Waals surface area contributed by atoms with Crippen LogP contribution >= 0.6 is 11.6 Å². The number of cyclic esters (lactones) is 1. The molecule has 2 aromatic rings. The molecular weight excluding hydrogens is 472 g/mol. The van der Waals surface area contributed by atoms with Crippen molar-refractivity contribution in [3.63, 3.8) is 0 Å². The molecule has 9 heteroatoms. The average Bonchev–Trinajstić information content (AvgIpc) is 3.21. The molecule has 0 aromatic heterocycles. The second-order valence-corrected chi connectivity index (χ2v) is 8.83. The molecule has 1 heterocycles. The van der Waals surface area contributed by atoms with E-state index in [0.717, 1.165) is 11.1 Å². The van der Waals surface area contributed by atoms with E-state index >= 15 is 0 Å². The SMILES string of the molecule is COc1c(C)c2c(c(NC(=O)N(C)C)c1CC=C(C)CCC(=O)Oc1ccccc1Cl)C(=O)OC2. The van der Waals surface area contributed by atoms with Gasteiger partial charge in [0.15, 0.2) is 0 Å². The highest BCUT2D eigenvalue weighted by Crippen LogP contribution is 2.41. The second-order valence-electron chi connectivity index (χ2n) is 8.43. The Bertz CT molecular complexity index is 1190. The largest absolute Gasteiger partial charge is 0.496 e. The highest BCUT2D eigenvalue weighted by molar-refractivity contribution is 6.32. The number of halogens is 1. The highest BCUT2D eigenvalue weighted by Gasteiger charge is 2.32. The number of para-hydroxylation sites is 1. The lowest BCUT2D eigenvalue weighted by Gasteiger charge is -2.21. The molecule has 8 nitrogen and oxygen atoms in total. The number of carbonyl (C=O) groups excluding carboxylic acids is 3. The van der Waals surface area contributed by atoms with Gasteiger partial charge in [-0.25, -0.2) is 9.59 Å². The van der Waals surface area contributed by atoms with Gasteiger partial charge in [0.2, 0.25) is 0 Å². The number of nitrogens with zero attached hydrogens (tertiary/aromatic N) is 1. The van der Waals surface area contributed by atoms with Crippen molar-refractivity contribution < 1.29 is 28.6 Å². The molecule has 0 unspecified atom stereocenters. The molecular formula is C26H29ClN2O6. The Morgan fingerprint density at radius 2 is 1.94 bits per heavy atom. The van der Waals surface area contributed by atoms with Crippen molar-refractivity contribution in [1.82, 2.24) is 4.90 Å². The van der Waals surface area contributed by atoms with Crippen molar-refractivity contribution in [2.75, 3.05) is 26.5 Å². The third kappa shape index (κ3) is 5.95. The van der Waals surface area contributed by atoms with E-state index in [9.17, 15) is 14.4 Å². The van der Waals surface area contributed by atoms with Gasteiger partial charge in [0.1, 0.15) is 18.1 Å². The first-order valence-corrected chi connectivity index (χ1v) is 11.5. The summed E-state index contributed by atoms with van der Waals surface area (Å²) in [5.41, 5.74) is 3.83. The van der Waals surface area contributed by atoms with Gasteiger partial charge in [-0.05, 0) is 44.4 Å². The number of rotatable bonds is 8. The molecule has 2 aromatic carbocycles. The van der Waals surface area contributed by atoms with Crippen molar-refractivity contribution in [3.05, 3.63) is 63.2 Å². The lowest BCUT2D eigenvalue weighted by atomic mass is 9.93. The van der Waals surface area contributed by atoms with Crippen LogP contribution in [0.15, 0.2) is 35.9 Å². The lowest BCUT2D eigenvalue weighted by Crippen LogP contribution is -2.29. The lowest BCUT2D eigenvalue weighted by molar-refractivity contribution is -0.134. The third-order valence-corrected chi connectivity index (χ3v) is 6.07. The number of amides is 2. The Labute approximate surface area is 209 Å². The minimum Gasteiger partial charge on any atom is -0.496 e. The number of methoxy groups -OCH3 is 1. The topological polar surface area (TPSA) is 94.2 Å². The molecule has 186 valence electrons. The van der Waals surface area contributed by atoms with E-state index in [0.29, 0.717) is 51.7 Å².